The second-order valence-corrected chi connectivity index (χ2v) is 2.14. The van der Waals surface area contributed by atoms with Crippen molar-refractivity contribution in [1.82, 2.24) is 10.0 Å². The maximum Gasteiger partial charge on any atom is 0.332 e. The van der Waals surface area contributed by atoms with Crippen LogP contribution in [-0.4, -0.2) is 29.5 Å². The van der Waals surface area contributed by atoms with Crippen molar-refractivity contribution in [2.45, 2.75) is 13.3 Å². The van der Waals surface area contributed by atoms with E-state index in [1.165, 1.54) is 5.01 Å². The topological polar surface area (TPSA) is 23.6 Å². The quantitative estimate of drug-likeness (QED) is 0.532. The van der Waals surface area contributed by atoms with Crippen LogP contribution in [0.5, 0.6) is 0 Å². The summed E-state index contributed by atoms with van der Waals surface area (Å²) in [7, 11) is 0. The predicted octanol–water partition coefficient (Wildman–Crippen LogP) is 0.510. The van der Waals surface area contributed by atoms with Crippen LogP contribution in [0, 0.1) is 0 Å². The third kappa shape index (κ3) is 1.29. The molecule has 0 N–H and O–H groups in total. The lowest BCUT2D eigenvalue weighted by Crippen LogP contribution is -2.36. The highest BCUT2D eigenvalue weighted by Gasteiger charge is 2.10. The number of carbonyl (C=O) groups excluding carboxylic acids is 1. The number of nitrogens with zero attached hydrogens (tertiary/aromatic N) is 2. The first kappa shape index (κ1) is 7.12. The molecule has 0 fully saturated rings. The van der Waals surface area contributed by atoms with Gasteiger partial charge in [0.25, 0.3) is 0 Å². The lowest BCUT2D eigenvalue weighted by Gasteiger charge is -2.25. The second kappa shape index (κ2) is 3.25. The van der Waals surface area contributed by atoms with E-state index in [4.69, 9.17) is 0 Å². The zero-order valence-corrected chi connectivity index (χ0v) is 6.08. The maximum absolute atomic E-state index is 10.2. The van der Waals surface area contributed by atoms with Crippen molar-refractivity contribution in [2.24, 2.45) is 0 Å². The van der Waals surface area contributed by atoms with E-state index in [2.05, 4.69) is 0 Å². The molecule has 10 heavy (non-hydrogen) atoms. The number of rotatable bonds is 3. The van der Waals surface area contributed by atoms with E-state index in [1.807, 2.05) is 30.6 Å². The Morgan fingerprint density at radius 1 is 1.80 bits per heavy atom. The van der Waals surface area contributed by atoms with Gasteiger partial charge < -0.3 is 0 Å². The fraction of sp³-hybridized carbons (Fsp3) is 0.571. The molecule has 0 unspecified atom stereocenters. The normalized spacial score (nSPS) is 15.9. The largest absolute Gasteiger partial charge is 0.332 e. The van der Waals surface area contributed by atoms with Crippen LogP contribution in [0.2, 0.25) is 0 Å². The standard InChI is InChI=1S/C7H11N2O/c1-2-8(7-10)9-5-3-4-6-9/h3,5H,2,4,6H2,1H3. The summed E-state index contributed by atoms with van der Waals surface area (Å²) in [6, 6.07) is 0. The van der Waals surface area contributed by atoms with Crippen molar-refractivity contribution < 1.29 is 4.79 Å². The molecule has 3 nitrogen and oxygen atoms in total. The van der Waals surface area contributed by atoms with Gasteiger partial charge >= 0.3 is 6.41 Å². The zero-order chi connectivity index (χ0) is 7.40. The summed E-state index contributed by atoms with van der Waals surface area (Å²) in [4.78, 5) is 10.2. The monoisotopic (exact) mass is 139 g/mol. The van der Waals surface area contributed by atoms with Crippen molar-refractivity contribution in [3.63, 3.8) is 0 Å². The summed E-state index contributed by atoms with van der Waals surface area (Å²) in [5, 5.41) is 3.40. The molecule has 0 saturated carbocycles. The fourth-order valence-corrected chi connectivity index (χ4v) is 0.977. The molecule has 1 rings (SSSR count). The molecule has 0 spiro atoms. The molecule has 0 aromatic carbocycles. The Balaban J connectivity index is 2.44. The van der Waals surface area contributed by atoms with Crippen LogP contribution in [0.25, 0.3) is 0 Å². The Morgan fingerprint density at radius 3 is 3.00 bits per heavy atom. The van der Waals surface area contributed by atoms with Gasteiger partial charge in [-0.1, -0.05) is 6.08 Å². The molecule has 0 aromatic rings. The Hall–Kier alpha value is -0.990. The van der Waals surface area contributed by atoms with Crippen molar-refractivity contribution in [3.05, 3.63) is 12.3 Å². The van der Waals surface area contributed by atoms with E-state index in [0.717, 1.165) is 13.0 Å². The number of hydrogen-bond acceptors (Lipinski definition) is 2. The van der Waals surface area contributed by atoms with E-state index in [1.54, 1.807) is 0 Å². The van der Waals surface area contributed by atoms with E-state index in [0.29, 0.717) is 6.54 Å². The highest BCUT2D eigenvalue weighted by molar-refractivity contribution is 5.47. The van der Waals surface area contributed by atoms with Gasteiger partial charge in [-0.25, -0.2) is 5.01 Å². The molecule has 0 saturated heterocycles. The van der Waals surface area contributed by atoms with Gasteiger partial charge in [0.15, 0.2) is 0 Å². The molecule has 1 aliphatic heterocycles. The van der Waals surface area contributed by atoms with E-state index >= 15 is 0 Å². The van der Waals surface area contributed by atoms with Crippen molar-refractivity contribution in [1.29, 1.82) is 0 Å². The zero-order valence-electron chi connectivity index (χ0n) is 6.08. The van der Waals surface area contributed by atoms with Crippen LogP contribution < -0.4 is 0 Å². The third-order valence-electron chi connectivity index (χ3n) is 1.52. The minimum atomic E-state index is 0.688. The van der Waals surface area contributed by atoms with Gasteiger partial charge in [-0.05, 0) is 13.3 Å². The first-order valence-electron chi connectivity index (χ1n) is 3.47. The van der Waals surface area contributed by atoms with Gasteiger partial charge in [-0.2, -0.15) is 0 Å². The third-order valence-corrected chi connectivity index (χ3v) is 1.52. The molecule has 0 bridgehead atoms. The Morgan fingerprint density at radius 2 is 2.60 bits per heavy atom. The summed E-state index contributed by atoms with van der Waals surface area (Å²) in [6.45, 7) is 3.52. The predicted molar refractivity (Wildman–Crippen MR) is 38.5 cm³/mol. The van der Waals surface area contributed by atoms with Gasteiger partial charge in [0.05, 0.1) is 0 Å². The van der Waals surface area contributed by atoms with Gasteiger partial charge in [-0.3, -0.25) is 9.80 Å². The van der Waals surface area contributed by atoms with E-state index < -0.39 is 0 Å². The van der Waals surface area contributed by atoms with Gasteiger partial charge in [0, 0.05) is 19.3 Å². The second-order valence-electron chi connectivity index (χ2n) is 2.14. The van der Waals surface area contributed by atoms with Crippen LogP contribution in [0.3, 0.4) is 0 Å². The van der Waals surface area contributed by atoms with Crippen LogP contribution in [0.15, 0.2) is 12.3 Å². The van der Waals surface area contributed by atoms with Crippen LogP contribution in [0.4, 0.5) is 0 Å². The van der Waals surface area contributed by atoms with Gasteiger partial charge in [0.2, 0.25) is 0 Å². The Bertz CT molecular complexity index is 145. The first-order valence-corrected chi connectivity index (χ1v) is 3.47. The maximum atomic E-state index is 10.2. The average Bonchev–Trinajstić information content (AvgIpc) is 2.43. The molecule has 1 radical (unpaired) electrons. The molecular formula is C7H11N2O. The molecule has 3 heteroatoms. The summed E-state index contributed by atoms with van der Waals surface area (Å²) in [5.41, 5.74) is 0. The molecule has 0 aliphatic carbocycles. The van der Waals surface area contributed by atoms with Crippen molar-refractivity contribution >= 4 is 6.41 Å². The molecular weight excluding hydrogens is 128 g/mol. The Kier molecular flexibility index (Phi) is 2.31. The SMILES string of the molecule is CCN([C]=O)N1C=CCC1. The Labute approximate surface area is 60.9 Å². The molecule has 1 aliphatic rings. The van der Waals surface area contributed by atoms with Gasteiger partial charge in [0.1, 0.15) is 0 Å². The average molecular weight is 139 g/mol. The summed E-state index contributed by atoms with van der Waals surface area (Å²) in [6.07, 6.45) is 6.83. The molecule has 0 aromatic heterocycles. The number of hydrazine groups is 1. The summed E-state index contributed by atoms with van der Waals surface area (Å²) >= 11 is 0. The highest BCUT2D eigenvalue weighted by Crippen LogP contribution is 2.05. The van der Waals surface area contributed by atoms with E-state index in [9.17, 15) is 4.79 Å². The smallest absolute Gasteiger partial charge is 0.290 e. The lowest BCUT2D eigenvalue weighted by molar-refractivity contribution is 0.117. The molecule has 0 atom stereocenters. The fourth-order valence-electron chi connectivity index (χ4n) is 0.977. The van der Waals surface area contributed by atoms with Crippen LogP contribution in [-0.2, 0) is 4.79 Å². The molecule has 1 amide bonds. The minimum absolute atomic E-state index is 0.688. The van der Waals surface area contributed by atoms with Crippen molar-refractivity contribution in [2.75, 3.05) is 13.1 Å². The highest BCUT2D eigenvalue weighted by atomic mass is 16.1. The van der Waals surface area contributed by atoms with Crippen LogP contribution in [0.1, 0.15) is 13.3 Å². The summed E-state index contributed by atoms with van der Waals surface area (Å²) < 4.78 is 0. The van der Waals surface area contributed by atoms with Crippen molar-refractivity contribution in [3.8, 4) is 0 Å². The number of amides is 1. The van der Waals surface area contributed by atoms with Crippen LogP contribution >= 0.6 is 0 Å². The molecule has 1 heterocycles. The molecule has 55 valence electrons. The van der Waals surface area contributed by atoms with Gasteiger partial charge in [-0.15, -0.1) is 0 Å². The van der Waals surface area contributed by atoms with E-state index in [-0.39, 0.29) is 0 Å². The summed E-state index contributed by atoms with van der Waals surface area (Å²) in [5.74, 6) is 0. The number of hydrogen-bond donors (Lipinski definition) is 0. The lowest BCUT2D eigenvalue weighted by atomic mass is 10.5. The minimum Gasteiger partial charge on any atom is -0.290 e. The first-order chi connectivity index (χ1) is 4.88.